The molecule has 0 aromatic heterocycles. The summed E-state index contributed by atoms with van der Waals surface area (Å²) < 4.78 is 11.4. The van der Waals surface area contributed by atoms with Crippen LogP contribution < -0.4 is 9.47 Å². The molecule has 0 aliphatic carbocycles. The molecule has 3 nitrogen and oxygen atoms in total. The predicted molar refractivity (Wildman–Crippen MR) is 55.6 cm³/mol. The van der Waals surface area contributed by atoms with E-state index in [0.717, 1.165) is 21.5 Å². The lowest BCUT2D eigenvalue weighted by molar-refractivity contribution is 0.173. The third-order valence-electron chi connectivity index (χ3n) is 2.02. The molecule has 1 atom stereocenters. The van der Waals surface area contributed by atoms with Gasteiger partial charge in [0.25, 0.3) is 0 Å². The maximum absolute atomic E-state index is 9.26. The second kappa shape index (κ2) is 3.79. The van der Waals surface area contributed by atoms with Gasteiger partial charge in [-0.05, 0) is 47.0 Å². The quantitative estimate of drug-likeness (QED) is 0.883. The Balaban J connectivity index is 2.32. The number of halogens is 1. The number of aliphatic hydroxyl groups is 1. The third kappa shape index (κ3) is 1.86. The van der Waals surface area contributed by atoms with E-state index in [2.05, 4.69) is 15.9 Å². The number of aliphatic hydroxyl groups excluding tert-OH is 1. The summed E-state index contributed by atoms with van der Waals surface area (Å²) in [4.78, 5) is 0. The van der Waals surface area contributed by atoms with Gasteiger partial charge in [0, 0.05) is 0 Å². The smallest absolute Gasteiger partial charge is 0.231 e. The van der Waals surface area contributed by atoms with Crippen LogP contribution in [0.15, 0.2) is 16.6 Å². The predicted octanol–water partition coefficient (Wildman–Crippen LogP) is 2.10. The molecule has 0 radical (unpaired) electrons. The first kappa shape index (κ1) is 9.80. The zero-order valence-corrected chi connectivity index (χ0v) is 9.37. The number of hydrogen-bond donors (Lipinski definition) is 1. The maximum atomic E-state index is 9.26. The highest BCUT2D eigenvalue weighted by molar-refractivity contribution is 9.10. The van der Waals surface area contributed by atoms with Gasteiger partial charge in [0.1, 0.15) is 0 Å². The van der Waals surface area contributed by atoms with E-state index in [1.54, 1.807) is 6.92 Å². The number of ether oxygens (including phenoxy) is 2. The minimum absolute atomic E-state index is 0.270. The molecule has 0 spiro atoms. The van der Waals surface area contributed by atoms with Crippen molar-refractivity contribution in [3.63, 3.8) is 0 Å². The summed E-state index contributed by atoms with van der Waals surface area (Å²) in [5.74, 6) is 1.49. The lowest BCUT2D eigenvalue weighted by Crippen LogP contribution is -2.03. The van der Waals surface area contributed by atoms with Gasteiger partial charge in [-0.15, -0.1) is 0 Å². The Hall–Kier alpha value is -0.740. The zero-order chi connectivity index (χ0) is 10.1. The van der Waals surface area contributed by atoms with Crippen molar-refractivity contribution in [2.24, 2.45) is 0 Å². The molecule has 4 heteroatoms. The molecule has 0 saturated heterocycles. The second-order valence-corrected chi connectivity index (χ2v) is 4.22. The van der Waals surface area contributed by atoms with Crippen LogP contribution in [0.4, 0.5) is 0 Å². The molecule has 1 aromatic rings. The molecule has 76 valence electrons. The van der Waals surface area contributed by atoms with Crippen molar-refractivity contribution >= 4 is 15.9 Å². The Morgan fingerprint density at radius 3 is 3.00 bits per heavy atom. The first-order valence-electron chi connectivity index (χ1n) is 4.43. The van der Waals surface area contributed by atoms with Gasteiger partial charge in [-0.3, -0.25) is 0 Å². The van der Waals surface area contributed by atoms with Crippen LogP contribution >= 0.6 is 15.9 Å². The molecule has 0 saturated carbocycles. The van der Waals surface area contributed by atoms with Gasteiger partial charge in [-0.25, -0.2) is 0 Å². The van der Waals surface area contributed by atoms with Crippen LogP contribution in [-0.2, 0) is 6.42 Å². The lowest BCUT2D eigenvalue weighted by atomic mass is 10.1. The average Bonchev–Trinajstić information content (AvgIpc) is 2.50. The van der Waals surface area contributed by atoms with Crippen LogP contribution in [0.2, 0.25) is 0 Å². The van der Waals surface area contributed by atoms with E-state index in [-0.39, 0.29) is 12.9 Å². The minimum Gasteiger partial charge on any atom is -0.454 e. The van der Waals surface area contributed by atoms with E-state index in [0.29, 0.717) is 6.42 Å². The van der Waals surface area contributed by atoms with Crippen molar-refractivity contribution in [3.8, 4) is 11.5 Å². The molecule has 1 unspecified atom stereocenters. The summed E-state index contributed by atoms with van der Waals surface area (Å²) in [6.45, 7) is 2.03. The minimum atomic E-state index is -0.345. The van der Waals surface area contributed by atoms with Crippen LogP contribution in [0.5, 0.6) is 11.5 Å². The topological polar surface area (TPSA) is 38.7 Å². The molecule has 0 bridgehead atoms. The molecule has 2 rings (SSSR count). The van der Waals surface area contributed by atoms with Gasteiger partial charge in [-0.1, -0.05) is 0 Å². The van der Waals surface area contributed by atoms with Crippen molar-refractivity contribution < 1.29 is 14.6 Å². The van der Waals surface area contributed by atoms with E-state index >= 15 is 0 Å². The fraction of sp³-hybridized carbons (Fsp3) is 0.400. The van der Waals surface area contributed by atoms with E-state index in [4.69, 9.17) is 9.47 Å². The second-order valence-electron chi connectivity index (χ2n) is 3.36. The fourth-order valence-corrected chi connectivity index (χ4v) is 2.08. The number of fused-ring (bicyclic) bond motifs is 1. The normalized spacial score (nSPS) is 15.6. The third-order valence-corrected chi connectivity index (χ3v) is 2.61. The first-order chi connectivity index (χ1) is 6.66. The van der Waals surface area contributed by atoms with Gasteiger partial charge in [-0.2, -0.15) is 0 Å². The molecule has 1 aromatic carbocycles. The van der Waals surface area contributed by atoms with Crippen molar-refractivity contribution in [1.29, 1.82) is 0 Å². The monoisotopic (exact) mass is 258 g/mol. The van der Waals surface area contributed by atoms with Crippen LogP contribution in [0.3, 0.4) is 0 Å². The molecule has 14 heavy (non-hydrogen) atoms. The van der Waals surface area contributed by atoms with Gasteiger partial charge in [0.2, 0.25) is 6.79 Å². The van der Waals surface area contributed by atoms with Gasteiger partial charge in [0.05, 0.1) is 10.6 Å². The highest BCUT2D eigenvalue weighted by atomic mass is 79.9. The van der Waals surface area contributed by atoms with E-state index in [1.165, 1.54) is 0 Å². The van der Waals surface area contributed by atoms with Crippen molar-refractivity contribution in [3.05, 3.63) is 22.2 Å². The van der Waals surface area contributed by atoms with Gasteiger partial charge < -0.3 is 14.6 Å². The summed E-state index contributed by atoms with van der Waals surface area (Å²) in [5.41, 5.74) is 1.04. The van der Waals surface area contributed by atoms with Crippen molar-refractivity contribution in [2.45, 2.75) is 19.4 Å². The lowest BCUT2D eigenvalue weighted by Gasteiger charge is -2.06. The summed E-state index contributed by atoms with van der Waals surface area (Å²) in [6.07, 6.45) is 0.275. The van der Waals surface area contributed by atoms with E-state index < -0.39 is 0 Å². The number of benzene rings is 1. The van der Waals surface area contributed by atoms with Crippen LogP contribution in [0, 0.1) is 0 Å². The molecular weight excluding hydrogens is 248 g/mol. The zero-order valence-electron chi connectivity index (χ0n) is 7.79. The Bertz CT molecular complexity index is 349. The number of rotatable bonds is 2. The Kier molecular flexibility index (Phi) is 2.65. The van der Waals surface area contributed by atoms with Crippen molar-refractivity contribution in [2.75, 3.05) is 6.79 Å². The summed E-state index contributed by atoms with van der Waals surface area (Å²) >= 11 is 3.40. The summed E-state index contributed by atoms with van der Waals surface area (Å²) in [7, 11) is 0. The maximum Gasteiger partial charge on any atom is 0.231 e. The standard InChI is InChI=1S/C10H11BrO3/c1-6(12)2-7-3-8(11)10-9(4-7)13-5-14-10/h3-4,6,12H,2,5H2,1H3. The van der Waals surface area contributed by atoms with Gasteiger partial charge in [0.15, 0.2) is 11.5 Å². The van der Waals surface area contributed by atoms with Crippen LogP contribution in [0.1, 0.15) is 12.5 Å². The molecule has 0 fully saturated rings. The van der Waals surface area contributed by atoms with E-state index in [1.807, 2.05) is 12.1 Å². The molecule has 1 N–H and O–H groups in total. The summed E-state index contributed by atoms with van der Waals surface area (Å²) in [5, 5.41) is 9.26. The first-order valence-corrected chi connectivity index (χ1v) is 5.22. The highest BCUT2D eigenvalue weighted by Gasteiger charge is 2.18. The highest BCUT2D eigenvalue weighted by Crippen LogP contribution is 2.40. The summed E-state index contributed by atoms with van der Waals surface area (Å²) in [6, 6.07) is 3.85. The molecular formula is C10H11BrO3. The van der Waals surface area contributed by atoms with Crippen molar-refractivity contribution in [1.82, 2.24) is 0 Å². The molecule has 1 aliphatic rings. The molecule has 0 amide bonds. The Morgan fingerprint density at radius 1 is 1.50 bits per heavy atom. The number of hydrogen-bond acceptors (Lipinski definition) is 3. The SMILES string of the molecule is CC(O)Cc1cc(Br)c2c(c1)OCO2. The van der Waals surface area contributed by atoms with Gasteiger partial charge >= 0.3 is 0 Å². The Morgan fingerprint density at radius 2 is 2.29 bits per heavy atom. The van der Waals surface area contributed by atoms with Crippen LogP contribution in [-0.4, -0.2) is 18.0 Å². The van der Waals surface area contributed by atoms with Crippen LogP contribution in [0.25, 0.3) is 0 Å². The van der Waals surface area contributed by atoms with E-state index in [9.17, 15) is 5.11 Å². The fourth-order valence-electron chi connectivity index (χ4n) is 1.48. The molecule has 1 aliphatic heterocycles. The average molecular weight is 259 g/mol. The largest absolute Gasteiger partial charge is 0.454 e. The Labute approximate surface area is 90.8 Å². The molecule has 1 heterocycles.